The number of nitrogens with one attached hydrogen (secondary N) is 1. The Kier molecular flexibility index (Phi) is 7.26. The second kappa shape index (κ2) is 7.61. The van der Waals surface area contributed by atoms with Gasteiger partial charge in [-0.15, -0.1) is 11.6 Å². The van der Waals surface area contributed by atoms with E-state index in [2.05, 4.69) is 5.32 Å². The van der Waals surface area contributed by atoms with E-state index in [1.54, 1.807) is 6.20 Å². The van der Waals surface area contributed by atoms with Crippen molar-refractivity contribution >= 4 is 17.5 Å². The van der Waals surface area contributed by atoms with Gasteiger partial charge in [-0.1, -0.05) is 6.08 Å². The summed E-state index contributed by atoms with van der Waals surface area (Å²) in [7, 11) is 0. The van der Waals surface area contributed by atoms with Crippen LogP contribution in [0.3, 0.4) is 0 Å². The molecule has 0 atom stereocenters. The van der Waals surface area contributed by atoms with E-state index in [-0.39, 0.29) is 5.91 Å². The van der Waals surface area contributed by atoms with Gasteiger partial charge in [0.2, 0.25) is 5.91 Å². The first kappa shape index (κ1) is 10.5. The first-order valence-electron chi connectivity index (χ1n) is 3.75. The van der Waals surface area contributed by atoms with Crippen LogP contribution in [0, 0.1) is 0 Å². The molecule has 0 aromatic carbocycles. The van der Waals surface area contributed by atoms with Gasteiger partial charge < -0.3 is 5.32 Å². The number of hydrogen-bond donors (Lipinski definition) is 1. The lowest BCUT2D eigenvalue weighted by Gasteiger charge is -1.92. The van der Waals surface area contributed by atoms with Crippen LogP contribution in [0.1, 0.15) is 26.2 Å². The third kappa shape index (κ3) is 9.50. The molecule has 3 heteroatoms. The standard InChI is InChI=1S/C8H14ClNO/c1-8(11)10-7-5-3-2-4-6-9/h5,7H,2-4,6H2,1H3,(H,10,11)/b7-5-. The molecule has 0 aliphatic heterocycles. The van der Waals surface area contributed by atoms with Gasteiger partial charge in [0.1, 0.15) is 0 Å². The van der Waals surface area contributed by atoms with Gasteiger partial charge in [0, 0.05) is 12.8 Å². The third-order valence-electron chi connectivity index (χ3n) is 1.16. The number of halogens is 1. The highest BCUT2D eigenvalue weighted by Crippen LogP contribution is 1.96. The van der Waals surface area contributed by atoms with Crippen LogP contribution in [0.2, 0.25) is 0 Å². The predicted molar refractivity (Wildman–Crippen MR) is 47.5 cm³/mol. The molecule has 0 spiro atoms. The fraction of sp³-hybridized carbons (Fsp3) is 0.625. The zero-order chi connectivity index (χ0) is 8.53. The lowest BCUT2D eigenvalue weighted by molar-refractivity contribution is -0.118. The molecular weight excluding hydrogens is 162 g/mol. The number of amides is 1. The van der Waals surface area contributed by atoms with Gasteiger partial charge in [-0.25, -0.2) is 0 Å². The number of unbranched alkanes of at least 4 members (excludes halogenated alkanes) is 2. The molecule has 64 valence electrons. The molecule has 2 nitrogen and oxygen atoms in total. The van der Waals surface area contributed by atoms with Crippen molar-refractivity contribution in [2.24, 2.45) is 0 Å². The summed E-state index contributed by atoms with van der Waals surface area (Å²) in [6.07, 6.45) is 6.71. The highest BCUT2D eigenvalue weighted by atomic mass is 35.5. The zero-order valence-corrected chi connectivity index (χ0v) is 7.53. The average Bonchev–Trinajstić information content (AvgIpc) is 1.96. The Morgan fingerprint density at radius 2 is 2.27 bits per heavy atom. The van der Waals surface area contributed by atoms with Gasteiger partial charge in [-0.2, -0.15) is 0 Å². The second-order valence-electron chi connectivity index (χ2n) is 2.29. The Hall–Kier alpha value is -0.500. The molecule has 11 heavy (non-hydrogen) atoms. The zero-order valence-electron chi connectivity index (χ0n) is 6.77. The summed E-state index contributed by atoms with van der Waals surface area (Å²) in [5.41, 5.74) is 0. The van der Waals surface area contributed by atoms with E-state index in [4.69, 9.17) is 11.6 Å². The maximum absolute atomic E-state index is 10.3. The van der Waals surface area contributed by atoms with Crippen molar-refractivity contribution in [1.82, 2.24) is 5.32 Å². The summed E-state index contributed by atoms with van der Waals surface area (Å²) in [6.45, 7) is 1.49. The number of allylic oxidation sites excluding steroid dienone is 1. The minimum Gasteiger partial charge on any atom is -0.333 e. The van der Waals surface area contributed by atoms with E-state index in [9.17, 15) is 4.79 Å². The van der Waals surface area contributed by atoms with Crippen molar-refractivity contribution in [1.29, 1.82) is 0 Å². The molecule has 1 amide bonds. The maximum Gasteiger partial charge on any atom is 0.220 e. The highest BCUT2D eigenvalue weighted by molar-refractivity contribution is 6.17. The van der Waals surface area contributed by atoms with Crippen LogP contribution in [0.25, 0.3) is 0 Å². The van der Waals surface area contributed by atoms with Crippen molar-refractivity contribution in [2.75, 3.05) is 5.88 Å². The third-order valence-corrected chi connectivity index (χ3v) is 1.43. The lowest BCUT2D eigenvalue weighted by atomic mass is 10.2. The highest BCUT2D eigenvalue weighted by Gasteiger charge is 1.83. The monoisotopic (exact) mass is 175 g/mol. The van der Waals surface area contributed by atoms with Gasteiger partial charge >= 0.3 is 0 Å². The van der Waals surface area contributed by atoms with E-state index in [1.807, 2.05) is 6.08 Å². The molecule has 0 radical (unpaired) electrons. The van der Waals surface area contributed by atoms with Crippen molar-refractivity contribution in [2.45, 2.75) is 26.2 Å². The summed E-state index contributed by atoms with van der Waals surface area (Å²) >= 11 is 5.47. The molecule has 0 aliphatic carbocycles. The molecule has 0 bridgehead atoms. The molecule has 0 aromatic heterocycles. The number of rotatable bonds is 5. The van der Waals surface area contributed by atoms with Crippen LogP contribution < -0.4 is 5.32 Å². The fourth-order valence-corrected chi connectivity index (χ4v) is 0.805. The number of carbonyl (C=O) groups excluding carboxylic acids is 1. The van der Waals surface area contributed by atoms with Crippen LogP contribution in [-0.4, -0.2) is 11.8 Å². The van der Waals surface area contributed by atoms with Crippen molar-refractivity contribution < 1.29 is 4.79 Å². The first-order valence-corrected chi connectivity index (χ1v) is 4.29. The van der Waals surface area contributed by atoms with Gasteiger partial charge in [-0.3, -0.25) is 4.79 Å². The van der Waals surface area contributed by atoms with Gasteiger partial charge in [0.25, 0.3) is 0 Å². The number of hydrogen-bond acceptors (Lipinski definition) is 1. The number of carbonyl (C=O) groups is 1. The maximum atomic E-state index is 10.3. The Morgan fingerprint density at radius 3 is 2.82 bits per heavy atom. The topological polar surface area (TPSA) is 29.1 Å². The molecular formula is C8H14ClNO. The lowest BCUT2D eigenvalue weighted by Crippen LogP contribution is -2.11. The number of alkyl halides is 1. The fourth-order valence-electron chi connectivity index (χ4n) is 0.616. The van der Waals surface area contributed by atoms with Crippen LogP contribution in [0.4, 0.5) is 0 Å². The van der Waals surface area contributed by atoms with Gasteiger partial charge in [0.15, 0.2) is 0 Å². The van der Waals surface area contributed by atoms with E-state index >= 15 is 0 Å². The van der Waals surface area contributed by atoms with Crippen molar-refractivity contribution in [3.8, 4) is 0 Å². The van der Waals surface area contributed by atoms with E-state index in [1.165, 1.54) is 6.92 Å². The Morgan fingerprint density at radius 1 is 1.55 bits per heavy atom. The van der Waals surface area contributed by atoms with Crippen LogP contribution in [0.5, 0.6) is 0 Å². The normalized spacial score (nSPS) is 10.4. The molecule has 0 heterocycles. The summed E-state index contributed by atoms with van der Waals surface area (Å²) in [5.74, 6) is 0.687. The molecule has 0 unspecified atom stereocenters. The molecule has 0 aliphatic rings. The molecule has 0 aromatic rings. The molecule has 1 N–H and O–H groups in total. The molecule has 0 fully saturated rings. The SMILES string of the molecule is CC(=O)N/C=C\CCCCCl. The Balaban J connectivity index is 3.10. The quantitative estimate of drug-likeness (QED) is 0.503. The summed E-state index contributed by atoms with van der Waals surface area (Å²) in [6, 6.07) is 0. The molecule has 0 saturated carbocycles. The van der Waals surface area contributed by atoms with E-state index in [0.29, 0.717) is 5.88 Å². The average molecular weight is 176 g/mol. The molecule has 0 saturated heterocycles. The Bertz CT molecular complexity index is 134. The van der Waals surface area contributed by atoms with Crippen LogP contribution in [0.15, 0.2) is 12.3 Å². The van der Waals surface area contributed by atoms with Crippen molar-refractivity contribution in [3.63, 3.8) is 0 Å². The van der Waals surface area contributed by atoms with Gasteiger partial charge in [0.05, 0.1) is 0 Å². The van der Waals surface area contributed by atoms with Crippen LogP contribution >= 0.6 is 11.6 Å². The smallest absolute Gasteiger partial charge is 0.220 e. The van der Waals surface area contributed by atoms with Gasteiger partial charge in [-0.05, 0) is 25.5 Å². The largest absolute Gasteiger partial charge is 0.333 e. The minimum atomic E-state index is -0.0291. The summed E-state index contributed by atoms with van der Waals surface area (Å²) in [5, 5.41) is 2.57. The van der Waals surface area contributed by atoms with E-state index in [0.717, 1.165) is 19.3 Å². The predicted octanol–water partition coefficient (Wildman–Crippen LogP) is 2.05. The molecule has 0 rings (SSSR count). The second-order valence-corrected chi connectivity index (χ2v) is 2.67. The first-order chi connectivity index (χ1) is 5.27. The summed E-state index contributed by atoms with van der Waals surface area (Å²) in [4.78, 5) is 10.3. The summed E-state index contributed by atoms with van der Waals surface area (Å²) < 4.78 is 0. The van der Waals surface area contributed by atoms with Crippen LogP contribution in [-0.2, 0) is 4.79 Å². The van der Waals surface area contributed by atoms with E-state index < -0.39 is 0 Å². The Labute approximate surface area is 72.6 Å². The van der Waals surface area contributed by atoms with Crippen molar-refractivity contribution in [3.05, 3.63) is 12.3 Å². The minimum absolute atomic E-state index is 0.0291.